The van der Waals surface area contributed by atoms with Gasteiger partial charge in [-0.05, 0) is 49.2 Å². The molecule has 2 aromatic carbocycles. The van der Waals surface area contributed by atoms with E-state index in [1.165, 1.54) is 18.3 Å². The summed E-state index contributed by atoms with van der Waals surface area (Å²) < 4.78 is 14.9. The molecule has 1 aromatic heterocycles. The van der Waals surface area contributed by atoms with E-state index >= 15 is 0 Å². The lowest BCUT2D eigenvalue weighted by Gasteiger charge is -2.18. The molecule has 0 aliphatic carbocycles. The van der Waals surface area contributed by atoms with Gasteiger partial charge in [0.25, 0.3) is 5.91 Å². The number of carbonyl (C=O) groups is 2. The van der Waals surface area contributed by atoms with E-state index in [2.05, 4.69) is 15.7 Å². The highest BCUT2D eigenvalue weighted by Crippen LogP contribution is 2.18. The highest BCUT2D eigenvalue weighted by atomic mass is 19.1. The molecule has 1 fully saturated rings. The number of hydrogen-bond donors (Lipinski definition) is 2. The molecule has 2 N–H and O–H groups in total. The SMILES string of the molecule is CCc1c(C(=O)NC2CCN(C(=O)Nc3ccccc3)C2)cnn1-c1ccc(F)cc1. The summed E-state index contributed by atoms with van der Waals surface area (Å²) in [6.45, 7) is 2.95. The molecule has 0 radical (unpaired) electrons. The largest absolute Gasteiger partial charge is 0.347 e. The van der Waals surface area contributed by atoms with Crippen LogP contribution in [0.25, 0.3) is 5.69 Å². The van der Waals surface area contributed by atoms with Crippen LogP contribution in [0, 0.1) is 5.82 Å². The topological polar surface area (TPSA) is 79.3 Å². The van der Waals surface area contributed by atoms with E-state index in [9.17, 15) is 14.0 Å². The van der Waals surface area contributed by atoms with Crippen molar-refractivity contribution >= 4 is 17.6 Å². The molecule has 3 amide bonds. The van der Waals surface area contributed by atoms with Crippen molar-refractivity contribution in [1.82, 2.24) is 20.0 Å². The van der Waals surface area contributed by atoms with E-state index in [0.717, 1.165) is 11.4 Å². The predicted molar refractivity (Wildman–Crippen MR) is 116 cm³/mol. The Morgan fingerprint density at radius 3 is 2.58 bits per heavy atom. The number of rotatable bonds is 5. The van der Waals surface area contributed by atoms with Gasteiger partial charge in [0.1, 0.15) is 5.82 Å². The Labute approximate surface area is 179 Å². The van der Waals surface area contributed by atoms with Crippen LogP contribution in [0.3, 0.4) is 0 Å². The fraction of sp³-hybridized carbons (Fsp3) is 0.261. The molecule has 4 rings (SSSR count). The number of likely N-dealkylation sites (tertiary alicyclic amines) is 1. The molecule has 3 aromatic rings. The average molecular weight is 421 g/mol. The molecule has 7 nitrogen and oxygen atoms in total. The summed E-state index contributed by atoms with van der Waals surface area (Å²) in [5.41, 5.74) is 2.67. The average Bonchev–Trinajstić information content (AvgIpc) is 3.42. The Morgan fingerprint density at radius 2 is 1.87 bits per heavy atom. The summed E-state index contributed by atoms with van der Waals surface area (Å²) in [7, 11) is 0. The van der Waals surface area contributed by atoms with Crippen molar-refractivity contribution in [3.05, 3.63) is 77.9 Å². The van der Waals surface area contributed by atoms with Crippen LogP contribution in [-0.2, 0) is 6.42 Å². The van der Waals surface area contributed by atoms with E-state index in [-0.39, 0.29) is 23.8 Å². The summed E-state index contributed by atoms with van der Waals surface area (Å²) in [4.78, 5) is 27.1. The van der Waals surface area contributed by atoms with Gasteiger partial charge in [0, 0.05) is 24.8 Å². The van der Waals surface area contributed by atoms with Crippen LogP contribution in [-0.4, -0.2) is 45.8 Å². The first-order chi connectivity index (χ1) is 15.0. The van der Waals surface area contributed by atoms with E-state index in [1.807, 2.05) is 37.3 Å². The number of nitrogens with one attached hydrogen (secondary N) is 2. The van der Waals surface area contributed by atoms with Gasteiger partial charge in [-0.15, -0.1) is 0 Å². The maximum Gasteiger partial charge on any atom is 0.321 e. The Morgan fingerprint density at radius 1 is 1.13 bits per heavy atom. The van der Waals surface area contributed by atoms with Crippen molar-refractivity contribution in [2.45, 2.75) is 25.8 Å². The molecule has 1 aliphatic heterocycles. The third kappa shape index (κ3) is 4.58. The Balaban J connectivity index is 1.40. The van der Waals surface area contributed by atoms with Gasteiger partial charge in [-0.25, -0.2) is 13.9 Å². The van der Waals surface area contributed by atoms with Gasteiger partial charge in [-0.1, -0.05) is 25.1 Å². The fourth-order valence-corrected chi connectivity index (χ4v) is 3.76. The monoisotopic (exact) mass is 421 g/mol. The molecule has 1 atom stereocenters. The minimum atomic E-state index is -0.325. The predicted octanol–water partition coefficient (Wildman–Crippen LogP) is 3.61. The summed E-state index contributed by atoms with van der Waals surface area (Å²) in [6.07, 6.45) is 2.81. The van der Waals surface area contributed by atoms with Crippen LogP contribution >= 0.6 is 0 Å². The maximum atomic E-state index is 13.2. The molecule has 8 heteroatoms. The Hall–Kier alpha value is -3.68. The number of benzene rings is 2. The standard InChI is InChI=1S/C23H24FN5O2/c1-2-21-20(14-25-29(21)19-10-8-16(24)9-11-19)22(30)26-18-12-13-28(15-18)23(31)27-17-6-4-3-5-7-17/h3-11,14,18H,2,12-13,15H2,1H3,(H,26,30)(H,27,31). The van der Waals surface area contributed by atoms with Crippen LogP contribution in [0.5, 0.6) is 0 Å². The third-order valence-corrected chi connectivity index (χ3v) is 5.36. The number of anilines is 1. The molecule has 1 saturated heterocycles. The van der Waals surface area contributed by atoms with Gasteiger partial charge in [0.05, 0.1) is 23.1 Å². The van der Waals surface area contributed by atoms with Crippen molar-refractivity contribution in [2.24, 2.45) is 0 Å². The maximum absolute atomic E-state index is 13.2. The summed E-state index contributed by atoms with van der Waals surface area (Å²) in [6, 6.07) is 14.9. The summed E-state index contributed by atoms with van der Waals surface area (Å²) in [5, 5.41) is 10.2. The second-order valence-electron chi connectivity index (χ2n) is 7.45. The number of amides is 3. The second kappa shape index (κ2) is 8.99. The number of carbonyl (C=O) groups excluding carboxylic acids is 2. The highest BCUT2D eigenvalue weighted by Gasteiger charge is 2.28. The molecule has 2 heterocycles. The van der Waals surface area contributed by atoms with Crippen LogP contribution in [0.4, 0.5) is 14.9 Å². The second-order valence-corrected chi connectivity index (χ2v) is 7.45. The minimum Gasteiger partial charge on any atom is -0.347 e. The molecule has 0 saturated carbocycles. The zero-order valence-electron chi connectivity index (χ0n) is 17.2. The van der Waals surface area contributed by atoms with Crippen LogP contribution in [0.15, 0.2) is 60.8 Å². The summed E-state index contributed by atoms with van der Waals surface area (Å²) >= 11 is 0. The van der Waals surface area contributed by atoms with Gasteiger partial charge < -0.3 is 15.5 Å². The van der Waals surface area contributed by atoms with Crippen LogP contribution < -0.4 is 10.6 Å². The lowest BCUT2D eigenvalue weighted by atomic mass is 10.1. The fourth-order valence-electron chi connectivity index (χ4n) is 3.76. The number of para-hydroxylation sites is 1. The molecule has 0 spiro atoms. The normalized spacial score (nSPS) is 15.7. The first-order valence-corrected chi connectivity index (χ1v) is 10.3. The zero-order chi connectivity index (χ0) is 21.8. The van der Waals surface area contributed by atoms with Gasteiger partial charge >= 0.3 is 6.03 Å². The highest BCUT2D eigenvalue weighted by molar-refractivity contribution is 5.95. The number of aromatic nitrogens is 2. The molecule has 31 heavy (non-hydrogen) atoms. The van der Waals surface area contributed by atoms with Crippen LogP contribution in [0.2, 0.25) is 0 Å². The minimum absolute atomic E-state index is 0.132. The van der Waals surface area contributed by atoms with Crippen molar-refractivity contribution in [3.63, 3.8) is 0 Å². The van der Waals surface area contributed by atoms with Gasteiger partial charge in [0.15, 0.2) is 0 Å². The number of urea groups is 1. The van der Waals surface area contributed by atoms with Crippen LogP contribution in [0.1, 0.15) is 29.4 Å². The lowest BCUT2D eigenvalue weighted by molar-refractivity contribution is 0.0937. The van der Waals surface area contributed by atoms with Crippen molar-refractivity contribution in [1.29, 1.82) is 0 Å². The molecule has 1 unspecified atom stereocenters. The first kappa shape index (κ1) is 20.6. The van der Waals surface area contributed by atoms with Crippen molar-refractivity contribution in [2.75, 3.05) is 18.4 Å². The quantitative estimate of drug-likeness (QED) is 0.661. The lowest BCUT2D eigenvalue weighted by Crippen LogP contribution is -2.39. The van der Waals surface area contributed by atoms with E-state index < -0.39 is 0 Å². The van der Waals surface area contributed by atoms with E-state index in [0.29, 0.717) is 37.2 Å². The Bertz CT molecular complexity index is 1070. The molecule has 1 aliphatic rings. The number of hydrogen-bond acceptors (Lipinski definition) is 3. The molecular weight excluding hydrogens is 397 g/mol. The number of nitrogens with zero attached hydrogens (tertiary/aromatic N) is 3. The zero-order valence-corrected chi connectivity index (χ0v) is 17.2. The van der Waals surface area contributed by atoms with Gasteiger partial charge in [-0.2, -0.15) is 5.10 Å². The first-order valence-electron chi connectivity index (χ1n) is 10.3. The van der Waals surface area contributed by atoms with E-state index in [4.69, 9.17) is 0 Å². The van der Waals surface area contributed by atoms with Gasteiger partial charge in [0.2, 0.25) is 0 Å². The molecule has 160 valence electrons. The Kier molecular flexibility index (Phi) is 5.97. The van der Waals surface area contributed by atoms with Crippen molar-refractivity contribution < 1.29 is 14.0 Å². The van der Waals surface area contributed by atoms with Crippen molar-refractivity contribution in [3.8, 4) is 5.69 Å². The smallest absolute Gasteiger partial charge is 0.321 e. The van der Waals surface area contributed by atoms with E-state index in [1.54, 1.807) is 21.7 Å². The molecule has 0 bridgehead atoms. The number of halogens is 1. The van der Waals surface area contributed by atoms with Gasteiger partial charge in [-0.3, -0.25) is 4.79 Å². The summed E-state index contributed by atoms with van der Waals surface area (Å²) in [5.74, 6) is -0.547. The third-order valence-electron chi connectivity index (χ3n) is 5.36. The molecular formula is C23H24FN5O2.